The van der Waals surface area contributed by atoms with E-state index in [4.69, 9.17) is 22.2 Å². The Kier molecular flexibility index (Phi) is 6.15. The summed E-state index contributed by atoms with van der Waals surface area (Å²) in [7, 11) is 0. The van der Waals surface area contributed by atoms with E-state index in [0.29, 0.717) is 11.4 Å². The largest absolute Gasteiger partial charge is 0.366 e. The number of carbonyl (C=O) groups is 1. The molecule has 1 atom stereocenters. The number of hydrogen-bond donors (Lipinski definition) is 2. The molecule has 0 aliphatic carbocycles. The minimum absolute atomic E-state index is 0.491. The second-order valence-electron chi connectivity index (χ2n) is 4.72. The van der Waals surface area contributed by atoms with Crippen molar-refractivity contribution in [2.24, 2.45) is 5.73 Å². The van der Waals surface area contributed by atoms with Crippen molar-refractivity contribution in [3.05, 3.63) is 76.8 Å². The third-order valence-corrected chi connectivity index (χ3v) is 3.14. The highest BCUT2D eigenvalue weighted by Crippen LogP contribution is 2.10. The first-order chi connectivity index (χ1) is 10.6. The van der Waals surface area contributed by atoms with Crippen LogP contribution in [-0.4, -0.2) is 12.1 Å². The Morgan fingerprint density at radius 3 is 2.55 bits per heavy atom. The summed E-state index contributed by atoms with van der Waals surface area (Å²) in [4.78, 5) is 16.5. The summed E-state index contributed by atoms with van der Waals surface area (Å²) in [6.07, 6.45) is 3.05. The smallest absolute Gasteiger partial charge is 0.349 e. The van der Waals surface area contributed by atoms with Crippen molar-refractivity contribution in [3.8, 4) is 0 Å². The van der Waals surface area contributed by atoms with Crippen LogP contribution in [0.1, 0.15) is 11.1 Å². The van der Waals surface area contributed by atoms with Crippen molar-refractivity contribution in [2.45, 2.75) is 12.6 Å². The molecule has 0 spiro atoms. The van der Waals surface area contributed by atoms with Gasteiger partial charge in [0.2, 0.25) is 0 Å². The summed E-state index contributed by atoms with van der Waals surface area (Å²) in [5.74, 6) is -0.504. The molecule has 4 nitrogen and oxygen atoms in total. The lowest BCUT2D eigenvalue weighted by Gasteiger charge is -2.12. The lowest BCUT2D eigenvalue weighted by molar-refractivity contribution is -0.146. The Bertz CT molecular complexity index is 627. The van der Waals surface area contributed by atoms with Gasteiger partial charge in [0.1, 0.15) is 0 Å². The number of carbonyl (C=O) groups excluding carboxylic acids is 1. The van der Waals surface area contributed by atoms with Gasteiger partial charge in [-0.15, -0.1) is 5.48 Å². The van der Waals surface area contributed by atoms with Crippen LogP contribution in [0.3, 0.4) is 0 Å². The van der Waals surface area contributed by atoms with Crippen LogP contribution in [0.15, 0.2) is 60.7 Å². The maximum absolute atomic E-state index is 11.6. The number of nitrogens with one attached hydrogen (secondary N) is 1. The average Bonchev–Trinajstić information content (AvgIpc) is 2.54. The zero-order valence-electron chi connectivity index (χ0n) is 11.9. The first-order valence-electron chi connectivity index (χ1n) is 6.83. The molecule has 0 radical (unpaired) electrons. The number of rotatable bonds is 6. The molecule has 0 saturated carbocycles. The van der Waals surface area contributed by atoms with Crippen LogP contribution in [0.25, 0.3) is 6.08 Å². The summed E-state index contributed by atoms with van der Waals surface area (Å²) in [6.45, 7) is 0. The molecule has 114 valence electrons. The quantitative estimate of drug-likeness (QED) is 0.488. The molecule has 2 rings (SSSR count). The van der Waals surface area contributed by atoms with Gasteiger partial charge in [-0.1, -0.05) is 54.1 Å². The normalized spacial score (nSPS) is 12.3. The molecule has 3 N–H and O–H groups in total. The van der Waals surface area contributed by atoms with E-state index in [1.54, 1.807) is 18.2 Å². The summed E-state index contributed by atoms with van der Waals surface area (Å²) in [5.41, 5.74) is 10.3. The Morgan fingerprint density at radius 1 is 1.18 bits per heavy atom. The lowest BCUT2D eigenvalue weighted by Crippen LogP contribution is -2.40. The van der Waals surface area contributed by atoms with Crippen molar-refractivity contribution in [3.63, 3.8) is 0 Å². The van der Waals surface area contributed by atoms with Crippen molar-refractivity contribution >= 4 is 23.6 Å². The maximum atomic E-state index is 11.6. The fourth-order valence-electron chi connectivity index (χ4n) is 1.81. The van der Waals surface area contributed by atoms with Gasteiger partial charge in [-0.3, -0.25) is 0 Å². The second kappa shape index (κ2) is 8.34. The SMILES string of the molecule is N[C@H](Cc1ccc(Cl)cc1)NOC(=O)/C=C/c1ccccc1. The standard InChI is InChI=1S/C17H17ClN2O2/c18-15-9-6-14(7-10-15)12-16(19)20-22-17(21)11-8-13-4-2-1-3-5-13/h1-11,16,20H,12,19H2/b11-8+/t16-/m0/s1. The lowest BCUT2D eigenvalue weighted by atomic mass is 10.1. The molecular formula is C17H17ClN2O2. The van der Waals surface area contributed by atoms with Gasteiger partial charge in [0.25, 0.3) is 0 Å². The van der Waals surface area contributed by atoms with Crippen LogP contribution in [-0.2, 0) is 16.1 Å². The molecule has 5 heteroatoms. The van der Waals surface area contributed by atoms with E-state index in [1.165, 1.54) is 6.08 Å². The van der Waals surface area contributed by atoms with E-state index in [-0.39, 0.29) is 0 Å². The summed E-state index contributed by atoms with van der Waals surface area (Å²) in [5, 5.41) is 0.669. The number of hydrogen-bond acceptors (Lipinski definition) is 4. The molecule has 0 fully saturated rings. The zero-order chi connectivity index (χ0) is 15.8. The highest BCUT2D eigenvalue weighted by atomic mass is 35.5. The van der Waals surface area contributed by atoms with Crippen LogP contribution in [0.2, 0.25) is 5.02 Å². The average molecular weight is 317 g/mol. The summed E-state index contributed by atoms with van der Waals surface area (Å²) >= 11 is 5.81. The van der Waals surface area contributed by atoms with Crippen LogP contribution in [0.4, 0.5) is 0 Å². The first-order valence-corrected chi connectivity index (χ1v) is 7.21. The molecule has 2 aromatic carbocycles. The topological polar surface area (TPSA) is 64.3 Å². The van der Waals surface area contributed by atoms with Gasteiger partial charge in [0.15, 0.2) is 0 Å². The molecule has 0 aromatic heterocycles. The van der Waals surface area contributed by atoms with Gasteiger partial charge < -0.3 is 10.6 Å². The Morgan fingerprint density at radius 2 is 1.86 bits per heavy atom. The number of halogens is 1. The minimum Gasteiger partial charge on any atom is -0.366 e. The third kappa shape index (κ3) is 5.69. The number of nitrogens with two attached hydrogens (primary N) is 1. The van der Waals surface area contributed by atoms with Crippen LogP contribution >= 0.6 is 11.6 Å². The molecular weight excluding hydrogens is 300 g/mol. The monoisotopic (exact) mass is 316 g/mol. The van der Waals surface area contributed by atoms with Gasteiger partial charge >= 0.3 is 5.97 Å². The zero-order valence-corrected chi connectivity index (χ0v) is 12.7. The molecule has 0 aliphatic rings. The van der Waals surface area contributed by atoms with Crippen molar-refractivity contribution in [1.29, 1.82) is 0 Å². The first kappa shape index (κ1) is 16.2. The predicted octanol–water partition coefficient (Wildman–Crippen LogP) is 2.93. The molecule has 0 amide bonds. The van der Waals surface area contributed by atoms with E-state index in [9.17, 15) is 4.79 Å². The van der Waals surface area contributed by atoms with Crippen molar-refractivity contribution in [1.82, 2.24) is 5.48 Å². The van der Waals surface area contributed by atoms with Crippen LogP contribution < -0.4 is 11.2 Å². The molecule has 2 aromatic rings. The summed E-state index contributed by atoms with van der Waals surface area (Å²) in [6, 6.07) is 16.8. The predicted molar refractivity (Wildman–Crippen MR) is 87.8 cm³/mol. The molecule has 22 heavy (non-hydrogen) atoms. The Balaban J connectivity index is 1.76. The third-order valence-electron chi connectivity index (χ3n) is 2.89. The molecule has 0 aliphatic heterocycles. The van der Waals surface area contributed by atoms with Gasteiger partial charge in [-0.05, 0) is 29.3 Å². The highest BCUT2D eigenvalue weighted by molar-refractivity contribution is 6.30. The van der Waals surface area contributed by atoms with Gasteiger partial charge in [0.05, 0.1) is 6.17 Å². The molecule has 0 bridgehead atoms. The second-order valence-corrected chi connectivity index (χ2v) is 5.16. The number of benzene rings is 2. The Hall–Kier alpha value is -2.14. The van der Waals surface area contributed by atoms with E-state index in [0.717, 1.165) is 11.1 Å². The fraction of sp³-hybridized carbons (Fsp3) is 0.118. The van der Waals surface area contributed by atoms with Crippen LogP contribution in [0, 0.1) is 0 Å². The Labute approximate surface area is 134 Å². The van der Waals surface area contributed by atoms with Crippen molar-refractivity contribution < 1.29 is 9.63 Å². The van der Waals surface area contributed by atoms with E-state index in [1.807, 2.05) is 42.5 Å². The van der Waals surface area contributed by atoms with E-state index in [2.05, 4.69) is 5.48 Å². The van der Waals surface area contributed by atoms with Crippen molar-refractivity contribution in [2.75, 3.05) is 0 Å². The minimum atomic E-state index is -0.504. The number of hydroxylamine groups is 1. The van der Waals surface area contributed by atoms with E-state index >= 15 is 0 Å². The van der Waals surface area contributed by atoms with Gasteiger partial charge in [-0.25, -0.2) is 4.79 Å². The molecule has 0 heterocycles. The fourth-order valence-corrected chi connectivity index (χ4v) is 1.94. The highest BCUT2D eigenvalue weighted by Gasteiger charge is 2.06. The van der Waals surface area contributed by atoms with Crippen LogP contribution in [0.5, 0.6) is 0 Å². The molecule has 0 saturated heterocycles. The maximum Gasteiger partial charge on any atom is 0.349 e. The van der Waals surface area contributed by atoms with Gasteiger partial charge in [-0.2, -0.15) is 0 Å². The molecule has 0 unspecified atom stereocenters. The van der Waals surface area contributed by atoms with Gasteiger partial charge in [0, 0.05) is 17.5 Å². The summed E-state index contributed by atoms with van der Waals surface area (Å²) < 4.78 is 0. The van der Waals surface area contributed by atoms with E-state index < -0.39 is 12.1 Å².